The van der Waals surface area contributed by atoms with Crippen LogP contribution in [0.3, 0.4) is 0 Å². The Morgan fingerprint density at radius 3 is 2.50 bits per heavy atom. The van der Waals surface area contributed by atoms with Crippen molar-refractivity contribution < 1.29 is 9.90 Å². The first-order chi connectivity index (χ1) is 7.50. The van der Waals surface area contributed by atoms with Gasteiger partial charge in [0.1, 0.15) is 0 Å². The fourth-order valence-electron chi connectivity index (χ4n) is 1.26. The Balaban J connectivity index is 2.49. The highest BCUT2D eigenvalue weighted by atomic mass is 16.3. The molecule has 0 aliphatic carbocycles. The molecular weight excluding hydrogens is 204 g/mol. The minimum Gasteiger partial charge on any atom is -0.387 e. The van der Waals surface area contributed by atoms with Crippen molar-refractivity contribution in [1.29, 1.82) is 0 Å². The highest BCUT2D eigenvalue weighted by molar-refractivity contribution is 5.80. The van der Waals surface area contributed by atoms with Gasteiger partial charge < -0.3 is 16.2 Å². The van der Waals surface area contributed by atoms with Crippen LogP contribution in [0.4, 0.5) is 0 Å². The molecule has 0 aromatic heterocycles. The Kier molecular flexibility index (Phi) is 4.46. The van der Waals surface area contributed by atoms with Crippen LogP contribution >= 0.6 is 0 Å². The number of aliphatic hydroxyl groups is 1. The summed E-state index contributed by atoms with van der Waals surface area (Å²) in [5.41, 5.74) is 7.31. The maximum atomic E-state index is 11.2. The number of rotatable bonds is 4. The van der Waals surface area contributed by atoms with Gasteiger partial charge in [-0.2, -0.15) is 0 Å². The monoisotopic (exact) mass is 222 g/mol. The van der Waals surface area contributed by atoms with Crippen LogP contribution in [0.15, 0.2) is 24.3 Å². The maximum absolute atomic E-state index is 11.2. The van der Waals surface area contributed by atoms with Crippen molar-refractivity contribution in [1.82, 2.24) is 5.32 Å². The van der Waals surface area contributed by atoms with Crippen molar-refractivity contribution in [3.63, 3.8) is 0 Å². The van der Waals surface area contributed by atoms with E-state index in [1.807, 2.05) is 31.2 Å². The molecule has 1 unspecified atom stereocenters. The van der Waals surface area contributed by atoms with Crippen molar-refractivity contribution in [2.24, 2.45) is 5.73 Å². The van der Waals surface area contributed by atoms with Crippen molar-refractivity contribution in [3.8, 4) is 0 Å². The molecule has 16 heavy (non-hydrogen) atoms. The van der Waals surface area contributed by atoms with E-state index in [9.17, 15) is 9.90 Å². The second-order valence-electron chi connectivity index (χ2n) is 3.96. The first-order valence-corrected chi connectivity index (χ1v) is 5.28. The van der Waals surface area contributed by atoms with Gasteiger partial charge in [0.25, 0.3) is 0 Å². The average Bonchev–Trinajstić information content (AvgIpc) is 2.26. The molecule has 0 heterocycles. The van der Waals surface area contributed by atoms with Crippen LogP contribution in [0, 0.1) is 6.92 Å². The van der Waals surface area contributed by atoms with Crippen LogP contribution in [-0.2, 0) is 4.79 Å². The van der Waals surface area contributed by atoms with Gasteiger partial charge in [-0.1, -0.05) is 29.8 Å². The van der Waals surface area contributed by atoms with Gasteiger partial charge in [0.05, 0.1) is 12.1 Å². The number of carbonyl (C=O) groups excluding carboxylic acids is 1. The predicted octanol–water partition coefficient (Wildman–Crippen LogP) is 0.492. The molecule has 0 saturated heterocycles. The van der Waals surface area contributed by atoms with Gasteiger partial charge in [-0.3, -0.25) is 4.79 Å². The Labute approximate surface area is 95.5 Å². The van der Waals surface area contributed by atoms with Crippen molar-refractivity contribution in [2.75, 3.05) is 6.54 Å². The second kappa shape index (κ2) is 5.63. The van der Waals surface area contributed by atoms with Crippen molar-refractivity contribution in [2.45, 2.75) is 26.0 Å². The molecule has 1 rings (SSSR count). The van der Waals surface area contributed by atoms with E-state index in [4.69, 9.17) is 5.73 Å². The molecule has 0 bridgehead atoms. The van der Waals surface area contributed by atoms with E-state index in [1.54, 1.807) is 6.92 Å². The summed E-state index contributed by atoms with van der Waals surface area (Å²) in [6, 6.07) is 6.98. The number of hydrogen-bond donors (Lipinski definition) is 3. The van der Waals surface area contributed by atoms with Crippen LogP contribution in [-0.4, -0.2) is 23.6 Å². The van der Waals surface area contributed by atoms with Gasteiger partial charge in [-0.25, -0.2) is 0 Å². The third-order valence-electron chi connectivity index (χ3n) is 2.35. The molecule has 0 aliphatic rings. The van der Waals surface area contributed by atoms with Crippen molar-refractivity contribution in [3.05, 3.63) is 35.4 Å². The molecule has 0 fully saturated rings. The third-order valence-corrected chi connectivity index (χ3v) is 2.35. The normalized spacial score (nSPS) is 14.2. The first-order valence-electron chi connectivity index (χ1n) is 5.28. The predicted molar refractivity (Wildman–Crippen MR) is 62.8 cm³/mol. The largest absolute Gasteiger partial charge is 0.387 e. The number of amides is 1. The van der Waals surface area contributed by atoms with Crippen LogP contribution < -0.4 is 11.1 Å². The van der Waals surface area contributed by atoms with E-state index in [0.717, 1.165) is 11.1 Å². The Morgan fingerprint density at radius 1 is 1.44 bits per heavy atom. The SMILES string of the molecule is Cc1ccc(C(O)CNC(=O)[C@@H](C)N)cc1. The third kappa shape index (κ3) is 3.64. The standard InChI is InChI=1S/C12H18N2O2/c1-8-3-5-10(6-4-8)11(15)7-14-12(16)9(2)13/h3-6,9,11,15H,7,13H2,1-2H3,(H,14,16)/t9-,11?/m1/s1. The number of benzene rings is 1. The quantitative estimate of drug-likeness (QED) is 0.694. The van der Waals surface area contributed by atoms with Gasteiger partial charge in [-0.05, 0) is 19.4 Å². The summed E-state index contributed by atoms with van der Waals surface area (Å²) in [5.74, 6) is -0.258. The van der Waals surface area contributed by atoms with Gasteiger partial charge >= 0.3 is 0 Å². The van der Waals surface area contributed by atoms with E-state index in [2.05, 4.69) is 5.32 Å². The molecule has 0 spiro atoms. The van der Waals surface area contributed by atoms with Crippen molar-refractivity contribution >= 4 is 5.91 Å². The Bertz CT molecular complexity index is 347. The summed E-state index contributed by atoms with van der Waals surface area (Å²) < 4.78 is 0. The van der Waals surface area contributed by atoms with Gasteiger partial charge in [0, 0.05) is 6.54 Å². The Morgan fingerprint density at radius 2 is 2.00 bits per heavy atom. The average molecular weight is 222 g/mol. The first kappa shape index (κ1) is 12.7. The molecule has 1 aromatic carbocycles. The van der Waals surface area contributed by atoms with Gasteiger partial charge in [-0.15, -0.1) is 0 Å². The molecule has 88 valence electrons. The molecule has 0 aliphatic heterocycles. The molecule has 4 N–H and O–H groups in total. The van der Waals surface area contributed by atoms with E-state index in [1.165, 1.54) is 0 Å². The zero-order chi connectivity index (χ0) is 12.1. The summed E-state index contributed by atoms with van der Waals surface area (Å²) in [7, 11) is 0. The lowest BCUT2D eigenvalue weighted by Crippen LogP contribution is -2.40. The fraction of sp³-hybridized carbons (Fsp3) is 0.417. The van der Waals surface area contributed by atoms with Crippen LogP contribution in [0.1, 0.15) is 24.2 Å². The minimum atomic E-state index is -0.691. The molecular formula is C12H18N2O2. The number of nitrogens with two attached hydrogens (primary N) is 1. The molecule has 4 nitrogen and oxygen atoms in total. The topological polar surface area (TPSA) is 75.3 Å². The fourth-order valence-corrected chi connectivity index (χ4v) is 1.26. The molecule has 2 atom stereocenters. The van der Waals surface area contributed by atoms with Crippen LogP contribution in [0.25, 0.3) is 0 Å². The van der Waals surface area contributed by atoms with Gasteiger partial charge in [0.15, 0.2) is 0 Å². The summed E-state index contributed by atoms with van der Waals surface area (Å²) in [6.45, 7) is 3.77. The number of nitrogens with one attached hydrogen (secondary N) is 1. The number of aliphatic hydroxyl groups excluding tert-OH is 1. The number of aryl methyl sites for hydroxylation is 1. The highest BCUT2D eigenvalue weighted by Gasteiger charge is 2.11. The van der Waals surface area contributed by atoms with E-state index < -0.39 is 12.1 Å². The maximum Gasteiger partial charge on any atom is 0.236 e. The van der Waals surface area contributed by atoms with Gasteiger partial charge in [0.2, 0.25) is 5.91 Å². The number of carbonyl (C=O) groups is 1. The summed E-state index contributed by atoms with van der Waals surface area (Å²) in [5, 5.41) is 12.4. The lowest BCUT2D eigenvalue weighted by Gasteiger charge is -2.13. The summed E-state index contributed by atoms with van der Waals surface area (Å²) in [4.78, 5) is 11.2. The molecule has 1 aromatic rings. The molecule has 0 saturated carbocycles. The van der Waals surface area contributed by atoms with E-state index in [-0.39, 0.29) is 12.5 Å². The summed E-state index contributed by atoms with van der Waals surface area (Å²) in [6.07, 6.45) is -0.691. The lowest BCUT2D eigenvalue weighted by molar-refractivity contribution is -0.122. The molecule has 1 amide bonds. The molecule has 4 heteroatoms. The summed E-state index contributed by atoms with van der Waals surface area (Å²) >= 11 is 0. The van der Waals surface area contributed by atoms with Crippen LogP contribution in [0.5, 0.6) is 0 Å². The van der Waals surface area contributed by atoms with E-state index >= 15 is 0 Å². The van der Waals surface area contributed by atoms with Crippen LogP contribution in [0.2, 0.25) is 0 Å². The second-order valence-corrected chi connectivity index (χ2v) is 3.96. The smallest absolute Gasteiger partial charge is 0.236 e. The number of hydrogen-bond acceptors (Lipinski definition) is 3. The lowest BCUT2D eigenvalue weighted by atomic mass is 10.1. The highest BCUT2D eigenvalue weighted by Crippen LogP contribution is 2.12. The zero-order valence-electron chi connectivity index (χ0n) is 9.60. The zero-order valence-corrected chi connectivity index (χ0v) is 9.60. The Hall–Kier alpha value is -1.39. The van der Waals surface area contributed by atoms with E-state index in [0.29, 0.717) is 0 Å². The minimum absolute atomic E-state index is 0.184. The molecule has 0 radical (unpaired) electrons.